The van der Waals surface area contributed by atoms with Crippen molar-refractivity contribution in [2.75, 3.05) is 35.9 Å². The molecular formula is C24H24Cl2N6O4S. The second-order valence-corrected chi connectivity index (χ2v) is 11.0. The molecule has 4 aromatic rings. The average Bonchev–Trinajstić information content (AvgIpc) is 3.28. The summed E-state index contributed by atoms with van der Waals surface area (Å²) in [5.41, 5.74) is 6.48. The van der Waals surface area contributed by atoms with Crippen molar-refractivity contribution in [3.05, 3.63) is 70.8 Å². The fourth-order valence-electron chi connectivity index (χ4n) is 3.82. The third kappa shape index (κ3) is 5.80. The first-order chi connectivity index (χ1) is 17.6. The molecule has 37 heavy (non-hydrogen) atoms. The molecule has 0 aliphatic heterocycles. The van der Waals surface area contributed by atoms with Crippen molar-refractivity contribution in [1.29, 1.82) is 0 Å². The molecule has 3 N–H and O–H groups in total. The molecule has 0 bridgehead atoms. The lowest BCUT2D eigenvalue weighted by atomic mass is 10.2. The Morgan fingerprint density at radius 3 is 2.41 bits per heavy atom. The molecule has 0 atom stereocenters. The number of halogens is 2. The van der Waals surface area contributed by atoms with Crippen LogP contribution in [0.1, 0.15) is 6.42 Å². The zero-order chi connectivity index (χ0) is 26.7. The monoisotopic (exact) mass is 562 g/mol. The van der Waals surface area contributed by atoms with Crippen molar-refractivity contribution in [2.24, 2.45) is 5.73 Å². The number of anilines is 2. The minimum absolute atomic E-state index is 0.117. The zero-order valence-corrected chi connectivity index (χ0v) is 22.1. The lowest BCUT2D eigenvalue weighted by Crippen LogP contribution is -2.35. The predicted molar refractivity (Wildman–Crippen MR) is 144 cm³/mol. The molecule has 13 heteroatoms. The second kappa shape index (κ2) is 10.9. The SMILES string of the molecule is CN(CCCN)c1ccc(-n2ccc3cc(N(CC(=O)O)S(=O)(=O)c4cc(Cl)cc(Cl)c4)ccc32)nn1. The first-order valence-corrected chi connectivity index (χ1v) is 13.4. The standard InChI is InChI=1S/C24H24Cl2N6O4S/c1-30(9-2-8-27)22-5-6-23(29-28-22)31-10-7-16-11-19(3-4-21(16)31)32(15-24(33)34)37(35,36)20-13-17(25)12-18(26)14-20/h3-7,10-14H,2,8-9,15,27H2,1H3,(H,33,34). The van der Waals surface area contributed by atoms with Gasteiger partial charge in [0.25, 0.3) is 10.0 Å². The van der Waals surface area contributed by atoms with Gasteiger partial charge in [-0.15, -0.1) is 10.2 Å². The molecule has 2 aromatic carbocycles. The Morgan fingerprint density at radius 2 is 1.78 bits per heavy atom. The summed E-state index contributed by atoms with van der Waals surface area (Å²) in [5, 5.41) is 19.0. The largest absolute Gasteiger partial charge is 0.480 e. The summed E-state index contributed by atoms with van der Waals surface area (Å²) in [6, 6.07) is 14.1. The van der Waals surface area contributed by atoms with Crippen LogP contribution >= 0.6 is 23.2 Å². The van der Waals surface area contributed by atoms with Crippen LogP contribution in [0, 0.1) is 0 Å². The predicted octanol–water partition coefficient (Wildman–Crippen LogP) is 3.79. The quantitative estimate of drug-likeness (QED) is 0.298. The van der Waals surface area contributed by atoms with E-state index in [1.54, 1.807) is 24.4 Å². The van der Waals surface area contributed by atoms with Gasteiger partial charge in [-0.1, -0.05) is 23.2 Å². The number of aliphatic carboxylic acids is 1. The highest BCUT2D eigenvalue weighted by molar-refractivity contribution is 7.92. The normalized spacial score (nSPS) is 11.6. The molecule has 0 fully saturated rings. The molecule has 0 radical (unpaired) electrons. The molecule has 0 amide bonds. The van der Waals surface area contributed by atoms with E-state index in [0.717, 1.165) is 22.8 Å². The van der Waals surface area contributed by atoms with Gasteiger partial charge in [0.1, 0.15) is 6.54 Å². The summed E-state index contributed by atoms with van der Waals surface area (Å²) < 4.78 is 29.4. The van der Waals surface area contributed by atoms with Crippen molar-refractivity contribution in [2.45, 2.75) is 11.3 Å². The lowest BCUT2D eigenvalue weighted by Gasteiger charge is -2.23. The van der Waals surface area contributed by atoms with Gasteiger partial charge in [-0.05, 0) is 67.6 Å². The number of rotatable bonds is 10. The van der Waals surface area contributed by atoms with E-state index < -0.39 is 22.5 Å². The maximum atomic E-state index is 13.4. The number of nitrogens with two attached hydrogens (primary N) is 1. The van der Waals surface area contributed by atoms with Gasteiger partial charge in [0, 0.05) is 35.2 Å². The lowest BCUT2D eigenvalue weighted by molar-refractivity contribution is -0.135. The van der Waals surface area contributed by atoms with E-state index >= 15 is 0 Å². The van der Waals surface area contributed by atoms with Gasteiger partial charge in [-0.2, -0.15) is 0 Å². The smallest absolute Gasteiger partial charge is 0.324 e. The Labute approximate surface area is 223 Å². The molecular weight excluding hydrogens is 539 g/mol. The van der Waals surface area contributed by atoms with E-state index in [9.17, 15) is 18.3 Å². The summed E-state index contributed by atoms with van der Waals surface area (Å²) in [5.74, 6) is -0.0324. The Morgan fingerprint density at radius 1 is 1.05 bits per heavy atom. The second-order valence-electron chi connectivity index (χ2n) is 8.25. The van der Waals surface area contributed by atoms with Gasteiger partial charge in [-0.3, -0.25) is 13.7 Å². The van der Waals surface area contributed by atoms with Crippen LogP contribution in [-0.4, -0.2) is 60.9 Å². The Hall–Kier alpha value is -3.38. The number of carbonyl (C=O) groups is 1. The molecule has 2 aromatic heterocycles. The van der Waals surface area contributed by atoms with Crippen LogP contribution in [0.15, 0.2) is 65.7 Å². The van der Waals surface area contributed by atoms with Crippen molar-refractivity contribution in [1.82, 2.24) is 14.8 Å². The highest BCUT2D eigenvalue weighted by Crippen LogP contribution is 2.31. The van der Waals surface area contributed by atoms with Crippen LogP contribution in [0.2, 0.25) is 10.0 Å². The van der Waals surface area contributed by atoms with E-state index in [2.05, 4.69) is 10.2 Å². The van der Waals surface area contributed by atoms with Gasteiger partial charge < -0.3 is 15.7 Å². The number of benzene rings is 2. The summed E-state index contributed by atoms with van der Waals surface area (Å²) in [4.78, 5) is 13.3. The van der Waals surface area contributed by atoms with Crippen LogP contribution < -0.4 is 14.9 Å². The molecule has 10 nitrogen and oxygen atoms in total. The number of sulfonamides is 1. The highest BCUT2D eigenvalue weighted by atomic mass is 35.5. The molecule has 2 heterocycles. The van der Waals surface area contributed by atoms with Crippen LogP contribution in [0.25, 0.3) is 16.7 Å². The average molecular weight is 563 g/mol. The van der Waals surface area contributed by atoms with Gasteiger partial charge in [0.2, 0.25) is 0 Å². The van der Waals surface area contributed by atoms with Gasteiger partial charge in [-0.25, -0.2) is 8.42 Å². The van der Waals surface area contributed by atoms with E-state index in [1.807, 2.05) is 28.6 Å². The number of fused-ring (bicyclic) bond motifs is 1. The van der Waals surface area contributed by atoms with Crippen molar-refractivity contribution in [3.63, 3.8) is 0 Å². The number of carboxylic acid groups (broad SMARTS) is 1. The number of nitrogens with zero attached hydrogens (tertiary/aromatic N) is 5. The number of hydrogen-bond acceptors (Lipinski definition) is 7. The van der Waals surface area contributed by atoms with E-state index in [4.69, 9.17) is 28.9 Å². The number of hydrogen-bond donors (Lipinski definition) is 2. The van der Waals surface area contributed by atoms with Crippen LogP contribution in [0.5, 0.6) is 0 Å². The van der Waals surface area contributed by atoms with Crippen molar-refractivity contribution < 1.29 is 18.3 Å². The van der Waals surface area contributed by atoms with E-state index in [-0.39, 0.29) is 20.6 Å². The molecule has 194 valence electrons. The maximum absolute atomic E-state index is 13.4. The van der Waals surface area contributed by atoms with Crippen LogP contribution in [0.4, 0.5) is 11.5 Å². The van der Waals surface area contributed by atoms with Gasteiger partial charge in [0.05, 0.1) is 16.1 Å². The zero-order valence-electron chi connectivity index (χ0n) is 19.8. The molecule has 0 saturated carbocycles. The van der Waals surface area contributed by atoms with Gasteiger partial charge in [0.15, 0.2) is 11.6 Å². The molecule has 0 saturated heterocycles. The van der Waals surface area contributed by atoms with Crippen molar-refractivity contribution >= 4 is 61.6 Å². The molecule has 4 rings (SSSR count). The van der Waals surface area contributed by atoms with Crippen LogP contribution in [-0.2, 0) is 14.8 Å². The topological polar surface area (TPSA) is 135 Å². The van der Waals surface area contributed by atoms with E-state index in [1.165, 1.54) is 24.3 Å². The maximum Gasteiger partial charge on any atom is 0.324 e. The minimum Gasteiger partial charge on any atom is -0.480 e. The summed E-state index contributed by atoms with van der Waals surface area (Å²) in [7, 11) is -2.37. The molecule has 0 aliphatic carbocycles. The Balaban J connectivity index is 1.69. The first kappa shape index (κ1) is 26.7. The fraction of sp³-hybridized carbons (Fsp3) is 0.208. The third-order valence-electron chi connectivity index (χ3n) is 5.64. The highest BCUT2D eigenvalue weighted by Gasteiger charge is 2.28. The van der Waals surface area contributed by atoms with E-state index in [0.29, 0.717) is 23.6 Å². The number of aromatic nitrogens is 3. The Bertz CT molecular complexity index is 1520. The fourth-order valence-corrected chi connectivity index (χ4v) is 5.95. The summed E-state index contributed by atoms with van der Waals surface area (Å²) in [6.45, 7) is 0.561. The first-order valence-electron chi connectivity index (χ1n) is 11.2. The molecule has 0 aliphatic rings. The number of carboxylic acids is 1. The van der Waals surface area contributed by atoms with Crippen molar-refractivity contribution in [3.8, 4) is 5.82 Å². The van der Waals surface area contributed by atoms with Gasteiger partial charge >= 0.3 is 5.97 Å². The van der Waals surface area contributed by atoms with Crippen LogP contribution in [0.3, 0.4) is 0 Å². The third-order valence-corrected chi connectivity index (χ3v) is 7.82. The summed E-state index contributed by atoms with van der Waals surface area (Å²) >= 11 is 12.0. The molecule has 0 unspecified atom stereocenters. The Kier molecular flexibility index (Phi) is 7.88. The summed E-state index contributed by atoms with van der Waals surface area (Å²) in [6.07, 6.45) is 2.62. The minimum atomic E-state index is -4.29. The molecule has 0 spiro atoms.